The van der Waals surface area contributed by atoms with Gasteiger partial charge >= 0.3 is 0 Å². The highest BCUT2D eigenvalue weighted by Gasteiger charge is 1.90. The molecule has 0 radical (unpaired) electrons. The lowest BCUT2D eigenvalue weighted by Gasteiger charge is -1.91. The van der Waals surface area contributed by atoms with Crippen molar-refractivity contribution in [2.24, 2.45) is 0 Å². The van der Waals surface area contributed by atoms with E-state index >= 15 is 0 Å². The predicted molar refractivity (Wildman–Crippen MR) is 42.2 cm³/mol. The third kappa shape index (κ3) is 1.48. The summed E-state index contributed by atoms with van der Waals surface area (Å²) in [7, 11) is 0. The van der Waals surface area contributed by atoms with E-state index in [9.17, 15) is 4.79 Å². The van der Waals surface area contributed by atoms with E-state index in [1.807, 2.05) is 0 Å². The fourth-order valence-electron chi connectivity index (χ4n) is 0.647. The molecule has 1 N–H and O–H groups in total. The summed E-state index contributed by atoms with van der Waals surface area (Å²) >= 11 is 5.53. The second kappa shape index (κ2) is 2.71. The summed E-state index contributed by atoms with van der Waals surface area (Å²) in [4.78, 5) is 13.1. The molecule has 0 spiro atoms. The second-order valence-corrected chi connectivity index (χ2v) is 2.24. The number of hydrogen-bond donors (Lipinski definition) is 1. The Morgan fingerprint density at radius 2 is 2.30 bits per heavy atom. The van der Waals surface area contributed by atoms with Crippen LogP contribution in [0.5, 0.6) is 0 Å². The number of nitrogens with one attached hydrogen (secondary N) is 1. The topological polar surface area (TPSA) is 32.9 Å². The van der Waals surface area contributed by atoms with Gasteiger partial charge in [-0.1, -0.05) is 24.3 Å². The van der Waals surface area contributed by atoms with Crippen LogP contribution in [0.25, 0.3) is 6.08 Å². The highest BCUT2D eigenvalue weighted by Crippen LogP contribution is 2.04. The van der Waals surface area contributed by atoms with Gasteiger partial charge in [0.05, 0.1) is 0 Å². The molecule has 0 aliphatic rings. The quantitative estimate of drug-likeness (QED) is 0.615. The Morgan fingerprint density at radius 1 is 1.60 bits per heavy atom. The van der Waals surface area contributed by atoms with Gasteiger partial charge in [-0.3, -0.25) is 4.79 Å². The molecule has 0 amide bonds. The fourth-order valence-corrected chi connectivity index (χ4v) is 0.866. The van der Waals surface area contributed by atoms with E-state index in [1.54, 1.807) is 12.1 Å². The molecule has 1 aromatic rings. The molecule has 0 aliphatic heterocycles. The fraction of sp³-hybridized carbons (Fsp3) is 0. The van der Waals surface area contributed by atoms with Crippen molar-refractivity contribution < 1.29 is 0 Å². The summed E-state index contributed by atoms with van der Waals surface area (Å²) in [6, 6.07) is 3.06. The molecule has 52 valence electrons. The molecule has 0 aromatic carbocycles. The van der Waals surface area contributed by atoms with Crippen molar-refractivity contribution in [2.45, 2.75) is 0 Å². The Morgan fingerprint density at radius 3 is 2.80 bits per heavy atom. The van der Waals surface area contributed by atoms with Crippen molar-refractivity contribution in [3.63, 3.8) is 0 Å². The summed E-state index contributed by atoms with van der Waals surface area (Å²) < 4.78 is 0. The first-order chi connectivity index (χ1) is 4.72. The minimum Gasteiger partial charge on any atom is -0.313 e. The average molecular weight is 156 g/mol. The van der Waals surface area contributed by atoms with Gasteiger partial charge in [-0.05, 0) is 11.6 Å². The molecule has 0 bridgehead atoms. The van der Waals surface area contributed by atoms with Crippen molar-refractivity contribution in [3.8, 4) is 0 Å². The van der Waals surface area contributed by atoms with Crippen molar-refractivity contribution in [2.75, 3.05) is 0 Å². The van der Waals surface area contributed by atoms with Crippen LogP contribution >= 0.6 is 11.6 Å². The van der Waals surface area contributed by atoms with Crippen LogP contribution in [-0.2, 0) is 0 Å². The standard InChI is InChI=1S/C7H6ClNO/c1-2-5-3-6(8)9-7(10)4-5/h2-4H,1H2,(H,9,10). The number of hydrogen-bond acceptors (Lipinski definition) is 1. The lowest BCUT2D eigenvalue weighted by atomic mass is 10.3. The van der Waals surface area contributed by atoms with Crippen molar-refractivity contribution in [3.05, 3.63) is 39.8 Å². The van der Waals surface area contributed by atoms with E-state index in [2.05, 4.69) is 11.6 Å². The number of aromatic nitrogens is 1. The van der Waals surface area contributed by atoms with Crippen LogP contribution in [0.3, 0.4) is 0 Å². The van der Waals surface area contributed by atoms with Gasteiger partial charge in [0.25, 0.3) is 0 Å². The molecule has 1 rings (SSSR count). The van der Waals surface area contributed by atoms with Gasteiger partial charge in [0.15, 0.2) is 0 Å². The summed E-state index contributed by atoms with van der Waals surface area (Å²) in [5.41, 5.74) is 0.524. The maximum atomic E-state index is 10.7. The van der Waals surface area contributed by atoms with E-state index in [-0.39, 0.29) is 5.56 Å². The molecule has 0 fully saturated rings. The van der Waals surface area contributed by atoms with Crippen molar-refractivity contribution >= 4 is 17.7 Å². The lowest BCUT2D eigenvalue weighted by molar-refractivity contribution is 1.23. The maximum absolute atomic E-state index is 10.7. The third-order valence-corrected chi connectivity index (χ3v) is 1.27. The Bertz CT molecular complexity index is 303. The van der Waals surface area contributed by atoms with Gasteiger partial charge in [-0.2, -0.15) is 0 Å². The second-order valence-electron chi connectivity index (χ2n) is 1.83. The predicted octanol–water partition coefficient (Wildman–Crippen LogP) is 1.67. The Labute approximate surface area is 63.2 Å². The molecule has 10 heavy (non-hydrogen) atoms. The molecule has 3 heteroatoms. The van der Waals surface area contributed by atoms with E-state index in [1.165, 1.54) is 6.07 Å². The first-order valence-electron chi connectivity index (χ1n) is 2.74. The van der Waals surface area contributed by atoms with Crippen LogP contribution in [0.2, 0.25) is 5.15 Å². The first-order valence-corrected chi connectivity index (χ1v) is 3.12. The largest absolute Gasteiger partial charge is 0.313 e. The number of H-pyrrole nitrogens is 1. The summed E-state index contributed by atoms with van der Waals surface area (Å²) in [6.45, 7) is 3.50. The number of pyridine rings is 1. The molecule has 2 nitrogen and oxygen atoms in total. The van der Waals surface area contributed by atoms with Crippen molar-refractivity contribution in [1.82, 2.24) is 4.98 Å². The lowest BCUT2D eigenvalue weighted by Crippen LogP contribution is -2.03. The molecule has 1 aromatic heterocycles. The molecule has 0 saturated carbocycles. The van der Waals surface area contributed by atoms with Crippen LogP contribution in [0, 0.1) is 0 Å². The summed E-state index contributed by atoms with van der Waals surface area (Å²) in [5, 5.41) is 0.336. The van der Waals surface area contributed by atoms with Gasteiger partial charge in [0.1, 0.15) is 5.15 Å². The van der Waals surface area contributed by atoms with Gasteiger partial charge < -0.3 is 4.98 Å². The van der Waals surface area contributed by atoms with Gasteiger partial charge in [0.2, 0.25) is 5.56 Å². The monoisotopic (exact) mass is 155 g/mol. The Balaban J connectivity index is 3.32. The van der Waals surface area contributed by atoms with Gasteiger partial charge in [-0.15, -0.1) is 0 Å². The summed E-state index contributed by atoms with van der Waals surface area (Å²) in [6.07, 6.45) is 1.57. The first kappa shape index (κ1) is 7.09. The number of halogens is 1. The molecule has 1 heterocycles. The molecular formula is C7H6ClNO. The highest BCUT2D eigenvalue weighted by atomic mass is 35.5. The van der Waals surface area contributed by atoms with E-state index in [4.69, 9.17) is 11.6 Å². The third-order valence-electron chi connectivity index (χ3n) is 1.07. The van der Waals surface area contributed by atoms with Gasteiger partial charge in [0, 0.05) is 6.07 Å². The molecule has 0 atom stereocenters. The van der Waals surface area contributed by atoms with E-state index < -0.39 is 0 Å². The Hall–Kier alpha value is -1.02. The Kier molecular flexibility index (Phi) is 1.92. The zero-order valence-electron chi connectivity index (χ0n) is 5.23. The van der Waals surface area contributed by atoms with E-state index in [0.717, 1.165) is 5.56 Å². The van der Waals surface area contributed by atoms with Crippen molar-refractivity contribution in [1.29, 1.82) is 0 Å². The maximum Gasteiger partial charge on any atom is 0.249 e. The zero-order valence-corrected chi connectivity index (χ0v) is 5.98. The van der Waals surface area contributed by atoms with Crippen LogP contribution in [0.4, 0.5) is 0 Å². The number of aromatic amines is 1. The zero-order chi connectivity index (χ0) is 7.56. The summed E-state index contributed by atoms with van der Waals surface area (Å²) in [5.74, 6) is 0. The number of rotatable bonds is 1. The van der Waals surface area contributed by atoms with E-state index in [0.29, 0.717) is 5.15 Å². The normalized spacial score (nSPS) is 9.30. The molecule has 0 saturated heterocycles. The van der Waals surface area contributed by atoms with Crippen LogP contribution < -0.4 is 5.56 Å². The SMILES string of the molecule is C=Cc1cc(Cl)[nH]c(=O)c1. The molecule has 0 unspecified atom stereocenters. The molecular weight excluding hydrogens is 150 g/mol. The van der Waals surface area contributed by atoms with Crippen LogP contribution in [-0.4, -0.2) is 4.98 Å². The average Bonchev–Trinajstić information content (AvgIpc) is 1.85. The smallest absolute Gasteiger partial charge is 0.249 e. The molecule has 0 aliphatic carbocycles. The highest BCUT2D eigenvalue weighted by molar-refractivity contribution is 6.29. The minimum absolute atomic E-state index is 0.206. The van der Waals surface area contributed by atoms with Gasteiger partial charge in [-0.25, -0.2) is 0 Å². The van der Waals surface area contributed by atoms with Crippen LogP contribution in [0.1, 0.15) is 5.56 Å². The minimum atomic E-state index is -0.206. The van der Waals surface area contributed by atoms with Crippen LogP contribution in [0.15, 0.2) is 23.5 Å².